The summed E-state index contributed by atoms with van der Waals surface area (Å²) in [5, 5.41) is 1.04. The SMILES string of the molecule is COCCCOc1cc([C@@H](C)N2CCOCC2C2CC2)cc2occc12. The molecule has 2 aromatic rings. The van der Waals surface area contributed by atoms with E-state index in [0.717, 1.165) is 48.8 Å². The lowest BCUT2D eigenvalue weighted by atomic mass is 10.0. The minimum absolute atomic E-state index is 0.320. The monoisotopic (exact) mass is 359 g/mol. The van der Waals surface area contributed by atoms with Gasteiger partial charge in [-0.15, -0.1) is 0 Å². The van der Waals surface area contributed by atoms with Gasteiger partial charge in [0, 0.05) is 38.8 Å². The lowest BCUT2D eigenvalue weighted by Crippen LogP contribution is -2.47. The Balaban J connectivity index is 1.56. The first kappa shape index (κ1) is 17.8. The molecule has 2 atom stereocenters. The minimum atomic E-state index is 0.320. The molecule has 1 saturated heterocycles. The number of hydrogen-bond acceptors (Lipinski definition) is 5. The Kier molecular flexibility index (Phi) is 5.48. The maximum Gasteiger partial charge on any atom is 0.137 e. The van der Waals surface area contributed by atoms with Crippen LogP contribution in [0.15, 0.2) is 28.9 Å². The summed E-state index contributed by atoms with van der Waals surface area (Å²) in [6.45, 7) is 6.31. The number of ether oxygens (including phenoxy) is 3. The second-order valence-corrected chi connectivity index (χ2v) is 7.44. The molecular weight excluding hydrogens is 330 g/mol. The fraction of sp³-hybridized carbons (Fsp3) is 0.619. The third-order valence-electron chi connectivity index (χ3n) is 5.66. The Bertz CT molecular complexity index is 724. The van der Waals surface area contributed by atoms with Gasteiger partial charge in [-0.1, -0.05) is 0 Å². The third-order valence-corrected chi connectivity index (χ3v) is 5.66. The van der Waals surface area contributed by atoms with Crippen molar-refractivity contribution in [1.29, 1.82) is 0 Å². The molecule has 5 nitrogen and oxygen atoms in total. The van der Waals surface area contributed by atoms with Crippen LogP contribution in [0.3, 0.4) is 0 Å². The first-order valence-electron chi connectivity index (χ1n) is 9.74. The summed E-state index contributed by atoms with van der Waals surface area (Å²) in [4.78, 5) is 2.61. The van der Waals surface area contributed by atoms with Crippen molar-refractivity contribution in [2.24, 2.45) is 5.92 Å². The summed E-state index contributed by atoms with van der Waals surface area (Å²) < 4.78 is 22.6. The summed E-state index contributed by atoms with van der Waals surface area (Å²) in [6.07, 6.45) is 5.29. The summed E-state index contributed by atoms with van der Waals surface area (Å²) in [5.74, 6) is 1.71. The highest BCUT2D eigenvalue weighted by atomic mass is 16.5. The van der Waals surface area contributed by atoms with E-state index in [4.69, 9.17) is 18.6 Å². The molecule has 1 aliphatic heterocycles. The first-order valence-corrected chi connectivity index (χ1v) is 9.74. The van der Waals surface area contributed by atoms with Gasteiger partial charge in [-0.2, -0.15) is 0 Å². The van der Waals surface area contributed by atoms with Crippen LogP contribution < -0.4 is 4.74 Å². The van der Waals surface area contributed by atoms with E-state index in [0.29, 0.717) is 25.3 Å². The van der Waals surface area contributed by atoms with Gasteiger partial charge in [0.1, 0.15) is 11.3 Å². The number of hydrogen-bond donors (Lipinski definition) is 0. The van der Waals surface area contributed by atoms with E-state index in [1.54, 1.807) is 13.4 Å². The van der Waals surface area contributed by atoms with E-state index in [1.807, 2.05) is 6.07 Å². The molecule has 1 unspecified atom stereocenters. The Morgan fingerprint density at radius 1 is 1.27 bits per heavy atom. The topological polar surface area (TPSA) is 44.1 Å². The van der Waals surface area contributed by atoms with Crippen molar-refractivity contribution >= 4 is 11.0 Å². The number of morpholine rings is 1. The lowest BCUT2D eigenvalue weighted by molar-refractivity contribution is -0.0342. The lowest BCUT2D eigenvalue weighted by Gasteiger charge is -2.40. The molecule has 0 radical (unpaired) electrons. The Morgan fingerprint density at radius 2 is 2.15 bits per heavy atom. The van der Waals surface area contributed by atoms with Gasteiger partial charge in [0.15, 0.2) is 0 Å². The maximum absolute atomic E-state index is 6.06. The van der Waals surface area contributed by atoms with Gasteiger partial charge in [-0.3, -0.25) is 4.90 Å². The van der Waals surface area contributed by atoms with Gasteiger partial charge in [0.25, 0.3) is 0 Å². The van der Waals surface area contributed by atoms with E-state index in [-0.39, 0.29) is 0 Å². The van der Waals surface area contributed by atoms with Gasteiger partial charge < -0.3 is 18.6 Å². The van der Waals surface area contributed by atoms with Gasteiger partial charge in [-0.25, -0.2) is 0 Å². The molecule has 2 fully saturated rings. The molecule has 4 rings (SSSR count). The average Bonchev–Trinajstić information content (AvgIpc) is 3.41. The van der Waals surface area contributed by atoms with Crippen LogP contribution in [0.4, 0.5) is 0 Å². The van der Waals surface area contributed by atoms with Crippen molar-refractivity contribution < 1.29 is 18.6 Å². The number of fused-ring (bicyclic) bond motifs is 1. The minimum Gasteiger partial charge on any atom is -0.493 e. The zero-order valence-corrected chi connectivity index (χ0v) is 15.8. The van der Waals surface area contributed by atoms with Crippen molar-refractivity contribution in [3.05, 3.63) is 30.0 Å². The molecule has 1 aliphatic carbocycles. The highest BCUT2D eigenvalue weighted by molar-refractivity contribution is 5.84. The van der Waals surface area contributed by atoms with Crippen molar-refractivity contribution in [3.8, 4) is 5.75 Å². The number of rotatable bonds is 8. The van der Waals surface area contributed by atoms with Crippen LogP contribution in [0.2, 0.25) is 0 Å². The average molecular weight is 359 g/mol. The maximum atomic E-state index is 6.06. The number of furan rings is 1. The molecule has 1 aromatic carbocycles. The smallest absolute Gasteiger partial charge is 0.137 e. The fourth-order valence-corrected chi connectivity index (χ4v) is 4.00. The quantitative estimate of drug-likeness (QED) is 0.666. The normalized spacial score (nSPS) is 22.6. The third kappa shape index (κ3) is 3.75. The molecule has 2 aliphatic rings. The molecule has 1 saturated carbocycles. The molecule has 0 spiro atoms. The number of benzene rings is 1. The van der Waals surface area contributed by atoms with Crippen molar-refractivity contribution in [2.75, 3.05) is 40.1 Å². The number of nitrogens with zero attached hydrogens (tertiary/aromatic N) is 1. The van der Waals surface area contributed by atoms with E-state index in [9.17, 15) is 0 Å². The van der Waals surface area contributed by atoms with Gasteiger partial charge in [0.2, 0.25) is 0 Å². The highest BCUT2D eigenvalue weighted by Crippen LogP contribution is 2.40. The molecular formula is C21H29NO4. The predicted octanol–water partition coefficient (Wildman–Crippen LogP) is 4.02. The molecule has 0 N–H and O–H groups in total. The summed E-state index contributed by atoms with van der Waals surface area (Å²) >= 11 is 0. The van der Waals surface area contributed by atoms with Crippen LogP contribution in [0.1, 0.15) is 37.8 Å². The van der Waals surface area contributed by atoms with Gasteiger partial charge in [-0.05, 0) is 49.4 Å². The van der Waals surface area contributed by atoms with Gasteiger partial charge >= 0.3 is 0 Å². The van der Waals surface area contributed by atoms with Crippen molar-refractivity contribution in [3.63, 3.8) is 0 Å². The number of methoxy groups -OCH3 is 1. The largest absolute Gasteiger partial charge is 0.493 e. The summed E-state index contributed by atoms with van der Waals surface area (Å²) in [7, 11) is 1.72. The Morgan fingerprint density at radius 3 is 2.96 bits per heavy atom. The van der Waals surface area contributed by atoms with E-state index in [2.05, 4.69) is 24.0 Å². The van der Waals surface area contributed by atoms with E-state index < -0.39 is 0 Å². The van der Waals surface area contributed by atoms with Gasteiger partial charge in [0.05, 0.1) is 31.5 Å². The Hall–Kier alpha value is -1.56. The van der Waals surface area contributed by atoms with E-state index in [1.165, 1.54) is 18.4 Å². The standard InChI is InChI=1S/C21H29NO4/c1-15(22-7-11-24-14-19(22)16-4-5-16)17-12-20(25-9-3-8-23-2)18-6-10-26-21(18)13-17/h6,10,12-13,15-16,19H,3-5,7-9,11,14H2,1-2H3/t15-,19?/m1/s1. The van der Waals surface area contributed by atoms with Crippen LogP contribution in [0.25, 0.3) is 11.0 Å². The van der Waals surface area contributed by atoms with Crippen LogP contribution in [-0.4, -0.2) is 51.0 Å². The van der Waals surface area contributed by atoms with Crippen LogP contribution in [0.5, 0.6) is 5.75 Å². The molecule has 0 amide bonds. The summed E-state index contributed by atoms with van der Waals surface area (Å²) in [6, 6.07) is 7.20. The molecule has 142 valence electrons. The molecule has 26 heavy (non-hydrogen) atoms. The zero-order valence-electron chi connectivity index (χ0n) is 15.8. The second-order valence-electron chi connectivity index (χ2n) is 7.44. The molecule has 1 aromatic heterocycles. The molecule has 0 bridgehead atoms. The van der Waals surface area contributed by atoms with Crippen LogP contribution in [-0.2, 0) is 9.47 Å². The van der Waals surface area contributed by atoms with Crippen LogP contribution >= 0.6 is 0 Å². The van der Waals surface area contributed by atoms with Crippen molar-refractivity contribution in [1.82, 2.24) is 4.90 Å². The van der Waals surface area contributed by atoms with E-state index >= 15 is 0 Å². The first-order chi connectivity index (χ1) is 12.8. The van der Waals surface area contributed by atoms with Crippen LogP contribution in [0, 0.1) is 5.92 Å². The summed E-state index contributed by atoms with van der Waals surface area (Å²) in [5.41, 5.74) is 2.15. The zero-order chi connectivity index (χ0) is 17.9. The fourth-order valence-electron chi connectivity index (χ4n) is 4.00. The highest BCUT2D eigenvalue weighted by Gasteiger charge is 2.39. The molecule has 2 heterocycles. The predicted molar refractivity (Wildman–Crippen MR) is 101 cm³/mol. The van der Waals surface area contributed by atoms with Crippen molar-refractivity contribution in [2.45, 2.75) is 38.3 Å². The Labute approximate surface area is 155 Å². The molecule has 5 heteroatoms. The second kappa shape index (κ2) is 7.99.